The maximum atomic E-state index is 14.1. The number of hydrogen-bond donors (Lipinski definition) is 1. The molecule has 1 N–H and O–H groups in total. The van der Waals surface area contributed by atoms with Crippen LogP contribution in [-0.4, -0.2) is 57.1 Å². The summed E-state index contributed by atoms with van der Waals surface area (Å²) < 4.78 is 32.3. The predicted octanol–water partition coefficient (Wildman–Crippen LogP) is 5.59. The molecule has 220 valence electrons. The van der Waals surface area contributed by atoms with Gasteiger partial charge in [-0.1, -0.05) is 71.2 Å². The van der Waals surface area contributed by atoms with Gasteiger partial charge in [0.25, 0.3) is 0 Å². The first-order chi connectivity index (χ1) is 19.3. The van der Waals surface area contributed by atoms with Gasteiger partial charge < -0.3 is 15.0 Å². The molecule has 0 fully saturated rings. The summed E-state index contributed by atoms with van der Waals surface area (Å²) in [7, 11) is -2.61. The van der Waals surface area contributed by atoms with Gasteiger partial charge in [0.15, 0.2) is 0 Å². The van der Waals surface area contributed by atoms with Crippen molar-refractivity contribution in [2.45, 2.75) is 38.9 Å². The molecule has 0 heterocycles. The summed E-state index contributed by atoms with van der Waals surface area (Å²) in [5, 5.41) is 3.77. The lowest BCUT2D eigenvalue weighted by molar-refractivity contribution is -0.140. The molecule has 0 bridgehead atoms. The van der Waals surface area contributed by atoms with Crippen LogP contribution < -0.4 is 14.4 Å². The Kier molecular flexibility index (Phi) is 11.3. The molecule has 3 aromatic carbocycles. The summed E-state index contributed by atoms with van der Waals surface area (Å²) in [5.74, 6) is -0.797. The zero-order valence-electron chi connectivity index (χ0n) is 23.1. The van der Waals surface area contributed by atoms with Crippen LogP contribution in [0.4, 0.5) is 5.69 Å². The van der Waals surface area contributed by atoms with Crippen LogP contribution in [0.3, 0.4) is 0 Å². The highest BCUT2D eigenvalue weighted by molar-refractivity contribution is 7.92. The third-order valence-corrected chi connectivity index (χ3v) is 8.23. The molecule has 41 heavy (non-hydrogen) atoms. The number of anilines is 1. The maximum Gasteiger partial charge on any atom is 0.244 e. The first-order valence-electron chi connectivity index (χ1n) is 12.7. The summed E-state index contributed by atoms with van der Waals surface area (Å²) >= 11 is 18.6. The summed E-state index contributed by atoms with van der Waals surface area (Å²) in [5.41, 5.74) is 1.52. The standard InChI is InChI=1S/C29H32Cl3N3O5S/c1-19(2)33-29(37)26(15-20-8-6-5-7-9-20)34(17-21-10-12-23(31)24(32)14-21)28(36)18-35(41(4,38)39)25-16-22(30)11-13-27(25)40-3/h5-14,16,19,26H,15,17-18H2,1-4H3,(H,33,37). The number of hydrogen-bond acceptors (Lipinski definition) is 5. The number of sulfonamides is 1. The predicted molar refractivity (Wildman–Crippen MR) is 164 cm³/mol. The van der Waals surface area contributed by atoms with Gasteiger partial charge in [0.2, 0.25) is 21.8 Å². The van der Waals surface area contributed by atoms with Crippen LogP contribution in [0.15, 0.2) is 66.7 Å². The lowest BCUT2D eigenvalue weighted by atomic mass is 10.0. The van der Waals surface area contributed by atoms with Crippen LogP contribution in [0.1, 0.15) is 25.0 Å². The topological polar surface area (TPSA) is 96.0 Å². The molecule has 0 aliphatic carbocycles. The number of nitrogens with one attached hydrogen (secondary N) is 1. The average Bonchev–Trinajstić information content (AvgIpc) is 2.90. The van der Waals surface area contributed by atoms with Crippen molar-refractivity contribution in [3.05, 3.63) is 92.9 Å². The van der Waals surface area contributed by atoms with Crippen LogP contribution in [0.2, 0.25) is 15.1 Å². The van der Waals surface area contributed by atoms with Crippen molar-refractivity contribution < 1.29 is 22.7 Å². The molecule has 0 aliphatic heterocycles. The zero-order valence-corrected chi connectivity index (χ0v) is 26.2. The molecule has 0 saturated heterocycles. The summed E-state index contributed by atoms with van der Waals surface area (Å²) in [4.78, 5) is 29.1. The molecule has 0 spiro atoms. The summed E-state index contributed by atoms with van der Waals surface area (Å²) in [6.07, 6.45) is 1.17. The van der Waals surface area contributed by atoms with Gasteiger partial charge in [-0.25, -0.2) is 8.42 Å². The second kappa shape index (κ2) is 14.3. The monoisotopic (exact) mass is 639 g/mol. The van der Waals surface area contributed by atoms with Crippen molar-refractivity contribution >= 4 is 62.3 Å². The largest absolute Gasteiger partial charge is 0.495 e. The lowest BCUT2D eigenvalue weighted by Gasteiger charge is -2.34. The normalized spacial score (nSPS) is 12.1. The van der Waals surface area contributed by atoms with E-state index in [1.165, 1.54) is 24.1 Å². The van der Waals surface area contributed by atoms with Gasteiger partial charge in [-0.15, -0.1) is 0 Å². The molecule has 0 aliphatic rings. The molecule has 3 rings (SSSR count). The lowest BCUT2D eigenvalue weighted by Crippen LogP contribution is -2.54. The van der Waals surface area contributed by atoms with E-state index < -0.39 is 28.5 Å². The number of amides is 2. The zero-order chi connectivity index (χ0) is 30.3. The molecule has 8 nitrogen and oxygen atoms in total. The Balaban J connectivity index is 2.12. The Morgan fingerprint density at radius 1 is 0.927 bits per heavy atom. The van der Waals surface area contributed by atoms with Gasteiger partial charge >= 0.3 is 0 Å². The fraction of sp³-hybridized carbons (Fsp3) is 0.310. The molecule has 0 saturated carbocycles. The molecule has 1 unspecified atom stereocenters. The van der Waals surface area contributed by atoms with Crippen LogP contribution in [-0.2, 0) is 32.6 Å². The molecular formula is C29H32Cl3N3O5S. The first-order valence-corrected chi connectivity index (χ1v) is 15.7. The molecule has 0 aromatic heterocycles. The highest BCUT2D eigenvalue weighted by Crippen LogP contribution is 2.33. The SMILES string of the molecule is COc1ccc(Cl)cc1N(CC(=O)N(Cc1ccc(Cl)c(Cl)c1)C(Cc1ccccc1)C(=O)NC(C)C)S(C)(=O)=O. The van der Waals surface area contributed by atoms with E-state index in [1.807, 2.05) is 44.2 Å². The van der Waals surface area contributed by atoms with Crippen molar-refractivity contribution in [3.63, 3.8) is 0 Å². The van der Waals surface area contributed by atoms with Gasteiger partial charge in [0.05, 0.1) is 29.1 Å². The number of methoxy groups -OCH3 is 1. The van der Waals surface area contributed by atoms with E-state index in [1.54, 1.807) is 24.3 Å². The van der Waals surface area contributed by atoms with E-state index in [0.29, 0.717) is 10.6 Å². The van der Waals surface area contributed by atoms with Crippen molar-refractivity contribution in [3.8, 4) is 5.75 Å². The number of ether oxygens (including phenoxy) is 1. The van der Waals surface area contributed by atoms with Crippen molar-refractivity contribution in [1.82, 2.24) is 10.2 Å². The van der Waals surface area contributed by atoms with Crippen LogP contribution in [0, 0.1) is 0 Å². The molecule has 3 aromatic rings. The first kappa shape index (κ1) is 32.5. The van der Waals surface area contributed by atoms with Gasteiger partial charge in [0, 0.05) is 24.0 Å². The Hall–Kier alpha value is -2.98. The minimum absolute atomic E-state index is 0.0387. The number of carbonyl (C=O) groups is 2. The van der Waals surface area contributed by atoms with E-state index in [2.05, 4.69) is 5.32 Å². The van der Waals surface area contributed by atoms with Gasteiger partial charge in [0.1, 0.15) is 18.3 Å². The van der Waals surface area contributed by atoms with Crippen molar-refractivity contribution in [2.24, 2.45) is 0 Å². The Labute approximate surface area is 256 Å². The maximum absolute atomic E-state index is 14.1. The second-order valence-corrected chi connectivity index (χ2v) is 12.9. The van der Waals surface area contributed by atoms with Crippen LogP contribution >= 0.6 is 34.8 Å². The Bertz CT molecular complexity index is 1490. The minimum atomic E-state index is -4.00. The molecule has 2 amide bonds. The van der Waals surface area contributed by atoms with Crippen LogP contribution in [0.25, 0.3) is 0 Å². The Morgan fingerprint density at radius 3 is 2.20 bits per heavy atom. The van der Waals surface area contributed by atoms with Crippen molar-refractivity contribution in [2.75, 3.05) is 24.2 Å². The second-order valence-electron chi connectivity index (χ2n) is 9.72. The highest BCUT2D eigenvalue weighted by atomic mass is 35.5. The summed E-state index contributed by atoms with van der Waals surface area (Å²) in [6.45, 7) is 2.99. The van der Waals surface area contributed by atoms with Crippen molar-refractivity contribution in [1.29, 1.82) is 0 Å². The molecular weight excluding hydrogens is 609 g/mol. The minimum Gasteiger partial charge on any atom is -0.495 e. The molecule has 1 atom stereocenters. The van der Waals surface area contributed by atoms with Gasteiger partial charge in [-0.3, -0.25) is 13.9 Å². The quantitative estimate of drug-likeness (QED) is 0.279. The van der Waals surface area contributed by atoms with E-state index in [4.69, 9.17) is 39.5 Å². The number of rotatable bonds is 12. The van der Waals surface area contributed by atoms with Gasteiger partial charge in [-0.05, 0) is 55.3 Å². The number of carbonyl (C=O) groups excluding carboxylic acids is 2. The molecule has 0 radical (unpaired) electrons. The molecule has 12 heteroatoms. The number of nitrogens with zero attached hydrogens (tertiary/aromatic N) is 2. The third kappa shape index (κ3) is 9.00. The average molecular weight is 641 g/mol. The van der Waals surface area contributed by atoms with E-state index in [9.17, 15) is 18.0 Å². The fourth-order valence-electron chi connectivity index (χ4n) is 4.22. The summed E-state index contributed by atoms with van der Waals surface area (Å²) in [6, 6.07) is 17.5. The van der Waals surface area contributed by atoms with E-state index >= 15 is 0 Å². The fourth-order valence-corrected chi connectivity index (χ4v) is 5.55. The van der Waals surface area contributed by atoms with Gasteiger partial charge in [-0.2, -0.15) is 0 Å². The van der Waals surface area contributed by atoms with E-state index in [-0.39, 0.29) is 46.4 Å². The number of halogens is 3. The highest BCUT2D eigenvalue weighted by Gasteiger charge is 2.34. The Morgan fingerprint density at radius 2 is 1.61 bits per heavy atom. The smallest absolute Gasteiger partial charge is 0.244 e. The van der Waals surface area contributed by atoms with E-state index in [0.717, 1.165) is 16.1 Å². The third-order valence-electron chi connectivity index (χ3n) is 6.13. The van der Waals surface area contributed by atoms with Crippen LogP contribution in [0.5, 0.6) is 5.75 Å². The number of benzene rings is 3.